The number of carbonyl (C=O) groups is 1. The molecule has 0 saturated heterocycles. The van der Waals surface area contributed by atoms with E-state index in [1.165, 1.54) is 0 Å². The highest BCUT2D eigenvalue weighted by Crippen LogP contribution is 2.06. The molecule has 106 valence electrons. The van der Waals surface area contributed by atoms with Gasteiger partial charge in [0.25, 0.3) is 5.56 Å². The van der Waals surface area contributed by atoms with E-state index >= 15 is 0 Å². The van der Waals surface area contributed by atoms with Crippen LogP contribution in [0.1, 0.15) is 32.4 Å². The monoisotopic (exact) mass is 273 g/mol. The molecule has 0 aliphatic carbocycles. The van der Waals surface area contributed by atoms with Crippen LogP contribution in [0.25, 0.3) is 11.0 Å². The number of fused-ring (bicyclic) bond motifs is 1. The number of aromatic amines is 1. The number of aromatic nitrogens is 2. The smallest absolute Gasteiger partial charge is 0.270 e. The molecule has 2 N–H and O–H groups in total. The number of para-hydroxylation sites is 2. The van der Waals surface area contributed by atoms with Gasteiger partial charge in [-0.1, -0.05) is 19.1 Å². The van der Waals surface area contributed by atoms with E-state index in [0.717, 1.165) is 11.9 Å². The lowest BCUT2D eigenvalue weighted by atomic mass is 10.2. The normalized spacial score (nSPS) is 12.3. The molecule has 0 spiro atoms. The second-order valence-electron chi connectivity index (χ2n) is 4.91. The van der Waals surface area contributed by atoms with E-state index in [1.807, 2.05) is 38.1 Å². The number of rotatable bonds is 5. The van der Waals surface area contributed by atoms with Crippen LogP contribution in [0.3, 0.4) is 0 Å². The van der Waals surface area contributed by atoms with Crippen molar-refractivity contribution in [3.8, 4) is 0 Å². The minimum absolute atomic E-state index is 0.0475. The van der Waals surface area contributed by atoms with Gasteiger partial charge in [0.15, 0.2) is 0 Å². The summed E-state index contributed by atoms with van der Waals surface area (Å²) in [6.45, 7) is 3.97. The van der Waals surface area contributed by atoms with Gasteiger partial charge in [0, 0.05) is 18.9 Å². The standard InChI is InChI=1S/C15H19N3O2/c1-3-10(2)16-14(19)9-8-13-15(20)18-12-7-5-4-6-11(12)17-13/h4-7,10H,3,8-9H2,1-2H3,(H,16,19)(H,18,20). The molecule has 1 unspecified atom stereocenters. The van der Waals surface area contributed by atoms with Gasteiger partial charge in [0.05, 0.1) is 11.0 Å². The van der Waals surface area contributed by atoms with Gasteiger partial charge >= 0.3 is 0 Å². The lowest BCUT2D eigenvalue weighted by molar-refractivity contribution is -0.121. The summed E-state index contributed by atoms with van der Waals surface area (Å²) in [5.74, 6) is -0.0475. The molecule has 5 nitrogen and oxygen atoms in total. The van der Waals surface area contributed by atoms with Gasteiger partial charge in [-0.05, 0) is 25.5 Å². The van der Waals surface area contributed by atoms with Crippen LogP contribution in [0.5, 0.6) is 0 Å². The van der Waals surface area contributed by atoms with Gasteiger partial charge in [-0.3, -0.25) is 9.59 Å². The topological polar surface area (TPSA) is 74.8 Å². The van der Waals surface area contributed by atoms with Crippen LogP contribution in [0.4, 0.5) is 0 Å². The number of carbonyl (C=O) groups excluding carboxylic acids is 1. The van der Waals surface area contributed by atoms with E-state index in [9.17, 15) is 9.59 Å². The summed E-state index contributed by atoms with van der Waals surface area (Å²) in [7, 11) is 0. The molecule has 0 aliphatic rings. The first-order valence-corrected chi connectivity index (χ1v) is 6.87. The molecule has 20 heavy (non-hydrogen) atoms. The van der Waals surface area contributed by atoms with E-state index in [2.05, 4.69) is 15.3 Å². The third-order valence-electron chi connectivity index (χ3n) is 3.28. The molecular weight excluding hydrogens is 254 g/mol. The highest BCUT2D eigenvalue weighted by atomic mass is 16.1. The van der Waals surface area contributed by atoms with E-state index in [-0.39, 0.29) is 23.9 Å². The molecule has 0 fully saturated rings. The third kappa shape index (κ3) is 3.44. The summed E-state index contributed by atoms with van der Waals surface area (Å²) in [6.07, 6.45) is 1.52. The minimum Gasteiger partial charge on any atom is -0.354 e. The largest absolute Gasteiger partial charge is 0.354 e. The number of hydrogen-bond acceptors (Lipinski definition) is 3. The maximum absolute atomic E-state index is 11.9. The van der Waals surface area contributed by atoms with E-state index in [4.69, 9.17) is 0 Å². The maximum atomic E-state index is 11.9. The summed E-state index contributed by atoms with van der Waals surface area (Å²) in [5, 5.41) is 2.88. The zero-order valence-corrected chi connectivity index (χ0v) is 11.8. The van der Waals surface area contributed by atoms with Gasteiger partial charge in [-0.15, -0.1) is 0 Å². The molecular formula is C15H19N3O2. The summed E-state index contributed by atoms with van der Waals surface area (Å²) in [6, 6.07) is 7.52. The number of nitrogens with zero attached hydrogens (tertiary/aromatic N) is 1. The number of amides is 1. The van der Waals surface area contributed by atoms with Gasteiger partial charge in [-0.25, -0.2) is 4.98 Å². The quantitative estimate of drug-likeness (QED) is 0.871. The predicted molar refractivity (Wildman–Crippen MR) is 78.6 cm³/mol. The molecule has 1 atom stereocenters. The number of H-pyrrole nitrogens is 1. The maximum Gasteiger partial charge on any atom is 0.270 e. The average molecular weight is 273 g/mol. The molecule has 0 aliphatic heterocycles. The van der Waals surface area contributed by atoms with Crippen molar-refractivity contribution in [3.63, 3.8) is 0 Å². The Labute approximate surface area is 117 Å². The molecule has 5 heteroatoms. The molecule has 1 aromatic carbocycles. The fourth-order valence-corrected chi connectivity index (χ4v) is 1.92. The Morgan fingerprint density at radius 1 is 1.40 bits per heavy atom. The Kier molecular flexibility index (Phi) is 4.50. The van der Waals surface area contributed by atoms with Crippen molar-refractivity contribution in [3.05, 3.63) is 40.3 Å². The van der Waals surface area contributed by atoms with E-state index in [1.54, 1.807) is 0 Å². The Balaban J connectivity index is 2.08. The van der Waals surface area contributed by atoms with Crippen LogP contribution >= 0.6 is 0 Å². The molecule has 1 aromatic heterocycles. The summed E-state index contributed by atoms with van der Waals surface area (Å²) < 4.78 is 0. The van der Waals surface area contributed by atoms with Crippen molar-refractivity contribution < 1.29 is 4.79 Å². The minimum atomic E-state index is -0.222. The SMILES string of the molecule is CCC(C)NC(=O)CCc1nc2ccccc2[nH]c1=O. The Bertz CT molecular complexity index is 663. The first-order chi connectivity index (χ1) is 9.60. The van der Waals surface area contributed by atoms with Crippen molar-refractivity contribution >= 4 is 16.9 Å². The van der Waals surface area contributed by atoms with Crippen LogP contribution in [-0.2, 0) is 11.2 Å². The van der Waals surface area contributed by atoms with Gasteiger partial charge < -0.3 is 10.3 Å². The zero-order chi connectivity index (χ0) is 14.5. The van der Waals surface area contributed by atoms with Crippen molar-refractivity contribution in [2.45, 2.75) is 39.2 Å². The molecule has 0 saturated carbocycles. The molecule has 1 amide bonds. The Morgan fingerprint density at radius 2 is 2.15 bits per heavy atom. The van der Waals surface area contributed by atoms with Crippen LogP contribution in [0.15, 0.2) is 29.1 Å². The van der Waals surface area contributed by atoms with Crippen molar-refractivity contribution in [2.75, 3.05) is 0 Å². The Hall–Kier alpha value is -2.17. The van der Waals surface area contributed by atoms with Crippen LogP contribution in [0, 0.1) is 0 Å². The highest BCUT2D eigenvalue weighted by Gasteiger charge is 2.09. The van der Waals surface area contributed by atoms with Crippen LogP contribution in [0.2, 0.25) is 0 Å². The lowest BCUT2D eigenvalue weighted by Gasteiger charge is -2.10. The van der Waals surface area contributed by atoms with Crippen molar-refractivity contribution in [1.82, 2.24) is 15.3 Å². The number of benzene rings is 1. The summed E-state index contributed by atoms with van der Waals surface area (Å²) in [4.78, 5) is 30.7. The molecule has 2 aromatic rings. The zero-order valence-electron chi connectivity index (χ0n) is 11.8. The highest BCUT2D eigenvalue weighted by molar-refractivity contribution is 5.76. The van der Waals surface area contributed by atoms with Gasteiger partial charge in [0.2, 0.25) is 5.91 Å². The van der Waals surface area contributed by atoms with Crippen LogP contribution < -0.4 is 10.9 Å². The number of nitrogens with one attached hydrogen (secondary N) is 2. The summed E-state index contributed by atoms with van der Waals surface area (Å²) >= 11 is 0. The van der Waals surface area contributed by atoms with Crippen molar-refractivity contribution in [1.29, 1.82) is 0 Å². The molecule has 0 radical (unpaired) electrons. The van der Waals surface area contributed by atoms with Crippen LogP contribution in [-0.4, -0.2) is 21.9 Å². The first-order valence-electron chi connectivity index (χ1n) is 6.87. The van der Waals surface area contributed by atoms with Gasteiger partial charge in [-0.2, -0.15) is 0 Å². The second-order valence-corrected chi connectivity index (χ2v) is 4.91. The molecule has 2 rings (SSSR count). The first kappa shape index (κ1) is 14.2. The van der Waals surface area contributed by atoms with E-state index < -0.39 is 0 Å². The van der Waals surface area contributed by atoms with Crippen molar-refractivity contribution in [2.24, 2.45) is 0 Å². The predicted octanol–water partition coefficient (Wildman–Crippen LogP) is 1.77. The fraction of sp³-hybridized carbons (Fsp3) is 0.400. The fourth-order valence-electron chi connectivity index (χ4n) is 1.92. The van der Waals surface area contributed by atoms with E-state index in [0.29, 0.717) is 17.6 Å². The Morgan fingerprint density at radius 3 is 2.90 bits per heavy atom. The third-order valence-corrected chi connectivity index (χ3v) is 3.28. The second kappa shape index (κ2) is 6.32. The van der Waals surface area contributed by atoms with Gasteiger partial charge in [0.1, 0.15) is 5.69 Å². The number of hydrogen-bond donors (Lipinski definition) is 2. The average Bonchev–Trinajstić information content (AvgIpc) is 2.44. The summed E-state index contributed by atoms with van der Waals surface area (Å²) in [5.41, 5.74) is 1.64. The lowest BCUT2D eigenvalue weighted by Crippen LogP contribution is -2.32. The molecule has 1 heterocycles. The number of aryl methyl sites for hydroxylation is 1. The molecule has 0 bridgehead atoms.